The highest BCUT2D eigenvalue weighted by atomic mass is 79.9. The van der Waals surface area contributed by atoms with Gasteiger partial charge in [0, 0.05) is 17.4 Å². The summed E-state index contributed by atoms with van der Waals surface area (Å²) in [4.78, 5) is 12.1. The molecule has 0 heterocycles. The van der Waals surface area contributed by atoms with Crippen molar-refractivity contribution in [2.75, 3.05) is 11.9 Å². The molecule has 0 aromatic heterocycles. The van der Waals surface area contributed by atoms with E-state index in [1.165, 1.54) is 12.1 Å². The minimum absolute atomic E-state index is 0.00250. The van der Waals surface area contributed by atoms with E-state index in [0.29, 0.717) is 10.7 Å². The van der Waals surface area contributed by atoms with Gasteiger partial charge in [-0.25, -0.2) is 13.1 Å². The zero-order chi connectivity index (χ0) is 17.7. The highest BCUT2D eigenvalue weighted by Crippen LogP contribution is 2.25. The highest BCUT2D eigenvalue weighted by Gasteiger charge is 2.14. The Morgan fingerprint density at radius 1 is 1.17 bits per heavy atom. The fourth-order valence-electron chi connectivity index (χ4n) is 1.90. The first-order valence-corrected chi connectivity index (χ1v) is 9.74. The largest absolute Gasteiger partial charge is 0.325 e. The Labute approximate surface area is 154 Å². The van der Waals surface area contributed by atoms with Crippen LogP contribution in [0.25, 0.3) is 0 Å². The molecule has 0 unspecified atom stereocenters. The summed E-state index contributed by atoms with van der Waals surface area (Å²) in [6.45, 7) is 1.87. The van der Waals surface area contributed by atoms with Gasteiger partial charge in [0.25, 0.3) is 0 Å². The van der Waals surface area contributed by atoms with Crippen LogP contribution in [-0.2, 0) is 14.8 Å². The van der Waals surface area contributed by atoms with Crippen molar-refractivity contribution in [3.05, 3.63) is 57.5 Å². The van der Waals surface area contributed by atoms with E-state index in [1.807, 2.05) is 6.92 Å². The lowest BCUT2D eigenvalue weighted by Crippen LogP contribution is -2.27. The Hall–Kier alpha value is -1.41. The van der Waals surface area contributed by atoms with E-state index in [0.717, 1.165) is 10.0 Å². The van der Waals surface area contributed by atoms with Crippen molar-refractivity contribution in [2.24, 2.45) is 0 Å². The monoisotopic (exact) mass is 430 g/mol. The van der Waals surface area contributed by atoms with Crippen molar-refractivity contribution in [2.45, 2.75) is 18.2 Å². The highest BCUT2D eigenvalue weighted by molar-refractivity contribution is 9.10. The Morgan fingerprint density at radius 2 is 1.83 bits per heavy atom. The number of anilines is 1. The van der Waals surface area contributed by atoms with Crippen LogP contribution in [0.4, 0.5) is 5.69 Å². The second-order valence-corrected chi connectivity index (χ2v) is 8.22. The molecule has 0 aliphatic carbocycles. The SMILES string of the molecule is Cc1ccc(S(=O)(=O)NCCC(=O)Nc2ccc(Br)cc2Cl)cc1. The van der Waals surface area contributed by atoms with Gasteiger partial charge in [0.2, 0.25) is 15.9 Å². The van der Waals surface area contributed by atoms with Gasteiger partial charge in [-0.3, -0.25) is 4.79 Å². The van der Waals surface area contributed by atoms with Gasteiger partial charge in [-0.15, -0.1) is 0 Å². The molecule has 128 valence electrons. The van der Waals surface area contributed by atoms with Gasteiger partial charge < -0.3 is 5.32 Å². The molecule has 2 aromatic rings. The molecule has 0 atom stereocenters. The van der Waals surface area contributed by atoms with E-state index in [4.69, 9.17) is 11.6 Å². The third kappa shape index (κ3) is 5.31. The molecule has 0 radical (unpaired) electrons. The second kappa shape index (κ2) is 8.11. The number of carbonyl (C=O) groups excluding carboxylic acids is 1. The first-order valence-electron chi connectivity index (χ1n) is 7.09. The third-order valence-electron chi connectivity index (χ3n) is 3.18. The van der Waals surface area contributed by atoms with E-state index in [9.17, 15) is 13.2 Å². The fourth-order valence-corrected chi connectivity index (χ4v) is 3.66. The topological polar surface area (TPSA) is 75.3 Å². The number of benzene rings is 2. The van der Waals surface area contributed by atoms with Crippen molar-refractivity contribution in [1.29, 1.82) is 0 Å². The summed E-state index contributed by atoms with van der Waals surface area (Å²) < 4.78 is 27.4. The van der Waals surface area contributed by atoms with Gasteiger partial charge in [-0.2, -0.15) is 0 Å². The number of hydrogen-bond acceptors (Lipinski definition) is 3. The van der Waals surface area contributed by atoms with Crippen molar-refractivity contribution < 1.29 is 13.2 Å². The zero-order valence-corrected chi connectivity index (χ0v) is 16.0. The van der Waals surface area contributed by atoms with Crippen LogP contribution < -0.4 is 10.0 Å². The Balaban J connectivity index is 1.89. The molecule has 0 spiro atoms. The second-order valence-electron chi connectivity index (χ2n) is 5.13. The van der Waals surface area contributed by atoms with E-state index < -0.39 is 10.0 Å². The standard InChI is InChI=1S/C16H16BrClN2O3S/c1-11-2-5-13(6-3-11)24(22,23)19-9-8-16(21)20-15-7-4-12(17)10-14(15)18/h2-7,10,19H,8-9H2,1H3,(H,20,21). The molecular weight excluding hydrogens is 416 g/mol. The summed E-state index contributed by atoms with van der Waals surface area (Å²) in [5.74, 6) is -0.328. The number of carbonyl (C=O) groups is 1. The van der Waals surface area contributed by atoms with Gasteiger partial charge in [-0.1, -0.05) is 45.2 Å². The zero-order valence-electron chi connectivity index (χ0n) is 12.8. The molecule has 0 fully saturated rings. The van der Waals surface area contributed by atoms with Crippen molar-refractivity contribution in [3.63, 3.8) is 0 Å². The molecule has 0 aliphatic heterocycles. The lowest BCUT2D eigenvalue weighted by Gasteiger charge is -2.09. The van der Waals surface area contributed by atoms with E-state index in [-0.39, 0.29) is 23.8 Å². The molecule has 2 N–H and O–H groups in total. The normalized spacial score (nSPS) is 11.3. The van der Waals surface area contributed by atoms with Crippen LogP contribution in [0.3, 0.4) is 0 Å². The summed E-state index contributed by atoms with van der Waals surface area (Å²) >= 11 is 9.30. The van der Waals surface area contributed by atoms with Crippen LogP contribution in [0.2, 0.25) is 5.02 Å². The maximum absolute atomic E-state index is 12.1. The molecule has 0 aliphatic rings. The number of rotatable bonds is 6. The number of aryl methyl sites for hydroxylation is 1. The van der Waals surface area contributed by atoms with Crippen LogP contribution in [0.5, 0.6) is 0 Å². The third-order valence-corrected chi connectivity index (χ3v) is 5.46. The first kappa shape index (κ1) is 18.9. The van der Waals surface area contributed by atoms with Crippen LogP contribution >= 0.6 is 27.5 Å². The molecule has 24 heavy (non-hydrogen) atoms. The van der Waals surface area contributed by atoms with Crippen molar-refractivity contribution in [3.8, 4) is 0 Å². The maximum atomic E-state index is 12.1. The Bertz CT molecular complexity index is 839. The van der Waals surface area contributed by atoms with Crippen molar-refractivity contribution >= 4 is 49.1 Å². The number of nitrogens with one attached hydrogen (secondary N) is 2. The Kier molecular flexibility index (Phi) is 6.40. The van der Waals surface area contributed by atoms with Crippen LogP contribution in [0, 0.1) is 6.92 Å². The molecule has 0 saturated heterocycles. The number of hydrogen-bond donors (Lipinski definition) is 2. The number of halogens is 2. The van der Waals surface area contributed by atoms with Gasteiger partial charge in [0.05, 0.1) is 15.6 Å². The van der Waals surface area contributed by atoms with Crippen LogP contribution in [-0.4, -0.2) is 20.9 Å². The van der Waals surface area contributed by atoms with Gasteiger partial charge in [-0.05, 0) is 37.3 Å². The molecular formula is C16H16BrClN2O3S. The molecule has 2 rings (SSSR count). The average Bonchev–Trinajstić information content (AvgIpc) is 2.50. The summed E-state index contributed by atoms with van der Waals surface area (Å²) in [7, 11) is -3.62. The van der Waals surface area contributed by atoms with Gasteiger partial charge >= 0.3 is 0 Å². The molecule has 0 saturated carbocycles. The molecule has 8 heteroatoms. The van der Waals surface area contributed by atoms with E-state index in [1.54, 1.807) is 30.3 Å². The summed E-state index contributed by atoms with van der Waals surface area (Å²) in [5.41, 5.74) is 1.45. The first-order chi connectivity index (χ1) is 11.3. The minimum atomic E-state index is -3.62. The van der Waals surface area contributed by atoms with Gasteiger partial charge in [0.1, 0.15) is 0 Å². The summed E-state index contributed by atoms with van der Waals surface area (Å²) in [5, 5.41) is 3.05. The summed E-state index contributed by atoms with van der Waals surface area (Å²) in [6, 6.07) is 11.6. The molecule has 1 amide bonds. The average molecular weight is 432 g/mol. The van der Waals surface area contributed by atoms with Crippen molar-refractivity contribution in [1.82, 2.24) is 4.72 Å². The fraction of sp³-hybridized carbons (Fsp3) is 0.188. The van der Waals surface area contributed by atoms with Crippen LogP contribution in [0.1, 0.15) is 12.0 Å². The minimum Gasteiger partial charge on any atom is -0.325 e. The molecule has 5 nitrogen and oxygen atoms in total. The lowest BCUT2D eigenvalue weighted by molar-refractivity contribution is -0.116. The number of amides is 1. The molecule has 2 aromatic carbocycles. The molecule has 0 bridgehead atoms. The Morgan fingerprint density at radius 3 is 2.46 bits per heavy atom. The number of sulfonamides is 1. The quantitative estimate of drug-likeness (QED) is 0.732. The predicted octanol–water partition coefficient (Wildman–Crippen LogP) is 3.72. The van der Waals surface area contributed by atoms with Gasteiger partial charge in [0.15, 0.2) is 0 Å². The predicted molar refractivity (Wildman–Crippen MR) is 98.8 cm³/mol. The van der Waals surface area contributed by atoms with E-state index in [2.05, 4.69) is 26.0 Å². The lowest BCUT2D eigenvalue weighted by atomic mass is 10.2. The van der Waals surface area contributed by atoms with Crippen LogP contribution in [0.15, 0.2) is 51.8 Å². The van der Waals surface area contributed by atoms with E-state index >= 15 is 0 Å². The maximum Gasteiger partial charge on any atom is 0.240 e. The smallest absolute Gasteiger partial charge is 0.240 e. The summed E-state index contributed by atoms with van der Waals surface area (Å²) in [6.07, 6.45) is -0.00250.